The van der Waals surface area contributed by atoms with E-state index in [0.29, 0.717) is 30.0 Å². The molecule has 1 heterocycles. The summed E-state index contributed by atoms with van der Waals surface area (Å²) in [5.74, 6) is 1.82. The van der Waals surface area contributed by atoms with Gasteiger partial charge in [0.15, 0.2) is 0 Å². The van der Waals surface area contributed by atoms with Gasteiger partial charge < -0.3 is 20.1 Å². The predicted octanol–water partition coefficient (Wildman–Crippen LogP) is 2.92. The average Bonchev–Trinajstić information content (AvgIpc) is 3.40. The molecular formula is C24H37N3O4. The van der Waals surface area contributed by atoms with E-state index in [1.165, 1.54) is 0 Å². The van der Waals surface area contributed by atoms with Crippen molar-refractivity contribution in [1.82, 2.24) is 5.32 Å². The van der Waals surface area contributed by atoms with Crippen molar-refractivity contribution in [2.45, 2.75) is 70.8 Å². The fraction of sp³-hybridized carbons (Fsp3) is 0.875. The molecule has 0 radical (unpaired) electrons. The second kappa shape index (κ2) is 8.14. The lowest BCUT2D eigenvalue weighted by atomic mass is 9.44. The Bertz CT molecular complexity index is 777. The van der Waals surface area contributed by atoms with Crippen molar-refractivity contribution in [3.63, 3.8) is 0 Å². The number of Topliss-reactive ketones (excluding diaryl/α,β-unsaturated/α-hetero) is 1. The molecule has 5 fully saturated rings. The van der Waals surface area contributed by atoms with Gasteiger partial charge in [-0.05, 0) is 69.2 Å². The number of nitrogens with zero attached hydrogens (tertiary/aromatic N) is 2. The maximum Gasteiger partial charge on any atom is 0.141 e. The number of oxime groups is 2. The van der Waals surface area contributed by atoms with Crippen LogP contribution in [-0.4, -0.2) is 55.2 Å². The van der Waals surface area contributed by atoms with Crippen LogP contribution in [0.4, 0.5) is 0 Å². The first kappa shape index (κ1) is 21.4. The molecule has 31 heavy (non-hydrogen) atoms. The number of carbonyl (C=O) groups is 1. The van der Waals surface area contributed by atoms with E-state index in [1.54, 1.807) is 7.11 Å². The van der Waals surface area contributed by atoms with Crippen molar-refractivity contribution < 1.29 is 19.6 Å². The summed E-state index contributed by atoms with van der Waals surface area (Å²) < 4.78 is 0. The largest absolute Gasteiger partial charge is 0.399 e. The van der Waals surface area contributed by atoms with E-state index >= 15 is 0 Å². The average molecular weight is 432 g/mol. The Hall–Kier alpha value is -1.47. The Balaban J connectivity index is 1.43. The molecule has 7 nitrogen and oxygen atoms in total. The Morgan fingerprint density at radius 1 is 1.13 bits per heavy atom. The molecule has 5 rings (SSSR count). The summed E-state index contributed by atoms with van der Waals surface area (Å²) in [6.07, 6.45) is 8.27. The van der Waals surface area contributed by atoms with Gasteiger partial charge in [-0.3, -0.25) is 4.79 Å². The lowest BCUT2D eigenvalue weighted by Gasteiger charge is -2.60. The normalized spacial score (nSPS) is 47.2. The smallest absolute Gasteiger partial charge is 0.141 e. The van der Waals surface area contributed by atoms with Crippen LogP contribution in [0, 0.1) is 34.5 Å². The van der Waals surface area contributed by atoms with E-state index in [2.05, 4.69) is 22.6 Å². The van der Waals surface area contributed by atoms with Gasteiger partial charge in [-0.1, -0.05) is 17.2 Å². The molecule has 1 aliphatic heterocycles. The van der Waals surface area contributed by atoms with E-state index in [-0.39, 0.29) is 29.5 Å². The van der Waals surface area contributed by atoms with Gasteiger partial charge in [-0.2, -0.15) is 0 Å². The molecule has 1 saturated heterocycles. The second-order valence-corrected chi connectivity index (χ2v) is 10.8. The minimum Gasteiger partial charge on any atom is -0.399 e. The zero-order chi connectivity index (χ0) is 21.6. The van der Waals surface area contributed by atoms with Gasteiger partial charge in [0.2, 0.25) is 0 Å². The van der Waals surface area contributed by atoms with Crippen LogP contribution in [0.2, 0.25) is 0 Å². The molecule has 2 N–H and O–H groups in total. The Labute approximate surface area is 185 Å². The molecule has 7 unspecified atom stereocenters. The number of nitrogens with one attached hydrogen (secondary N) is 1. The van der Waals surface area contributed by atoms with Crippen LogP contribution in [0.3, 0.4) is 0 Å². The number of carbonyl (C=O) groups excluding carboxylic acids is 1. The highest BCUT2D eigenvalue weighted by Crippen LogP contribution is 2.64. The quantitative estimate of drug-likeness (QED) is 0.668. The van der Waals surface area contributed by atoms with Crippen LogP contribution in [0.5, 0.6) is 0 Å². The minimum absolute atomic E-state index is 0.137. The van der Waals surface area contributed by atoms with Crippen molar-refractivity contribution in [3.05, 3.63) is 0 Å². The molecular weight excluding hydrogens is 394 g/mol. The fourth-order valence-electron chi connectivity index (χ4n) is 7.90. The van der Waals surface area contributed by atoms with E-state index in [1.807, 2.05) is 0 Å². The van der Waals surface area contributed by atoms with Crippen molar-refractivity contribution in [2.75, 3.05) is 26.8 Å². The molecule has 5 aliphatic rings. The Kier molecular flexibility index (Phi) is 5.62. The third-order valence-electron chi connectivity index (χ3n) is 9.59. The predicted molar refractivity (Wildman–Crippen MR) is 118 cm³/mol. The molecule has 0 amide bonds. The van der Waals surface area contributed by atoms with Crippen molar-refractivity contribution in [1.29, 1.82) is 0 Å². The van der Waals surface area contributed by atoms with Crippen molar-refractivity contribution in [3.8, 4) is 0 Å². The highest BCUT2D eigenvalue weighted by molar-refractivity contribution is 5.96. The Morgan fingerprint density at radius 2 is 2.00 bits per heavy atom. The monoisotopic (exact) mass is 431 g/mol. The number of fused-ring (bicyclic) bond motifs is 5. The third-order valence-corrected chi connectivity index (χ3v) is 9.59. The zero-order valence-electron chi connectivity index (χ0n) is 18.9. The molecule has 0 aromatic heterocycles. The lowest BCUT2D eigenvalue weighted by Crippen LogP contribution is -2.59. The van der Waals surface area contributed by atoms with E-state index in [0.717, 1.165) is 75.9 Å². The molecule has 7 atom stereocenters. The molecule has 7 heteroatoms. The van der Waals surface area contributed by atoms with Crippen LogP contribution in [-0.2, 0) is 14.5 Å². The van der Waals surface area contributed by atoms with E-state index in [4.69, 9.17) is 9.68 Å². The molecule has 172 valence electrons. The van der Waals surface area contributed by atoms with Crippen molar-refractivity contribution in [2.24, 2.45) is 44.8 Å². The van der Waals surface area contributed by atoms with Crippen LogP contribution < -0.4 is 5.32 Å². The summed E-state index contributed by atoms with van der Waals surface area (Å²) in [6.45, 7) is 4.20. The molecule has 0 aromatic rings. The molecule has 0 aromatic carbocycles. The fourth-order valence-corrected chi connectivity index (χ4v) is 7.90. The summed E-state index contributed by atoms with van der Waals surface area (Å²) in [6, 6.07) is 0. The Morgan fingerprint density at radius 3 is 2.74 bits per heavy atom. The van der Waals surface area contributed by atoms with Crippen LogP contribution >= 0.6 is 0 Å². The summed E-state index contributed by atoms with van der Waals surface area (Å²) in [4.78, 5) is 23.9. The third kappa shape index (κ3) is 3.34. The first-order valence-electron chi connectivity index (χ1n) is 12.2. The number of aliphatic hydroxyl groups excluding tert-OH is 1. The topological polar surface area (TPSA) is 92.5 Å². The lowest BCUT2D eigenvalue weighted by molar-refractivity contribution is -0.135. The first-order chi connectivity index (χ1) is 15.0. The molecule has 4 saturated carbocycles. The number of hydrogen-bond acceptors (Lipinski definition) is 7. The molecule has 4 aliphatic carbocycles. The van der Waals surface area contributed by atoms with Gasteiger partial charge >= 0.3 is 0 Å². The van der Waals surface area contributed by atoms with Gasteiger partial charge in [-0.25, -0.2) is 0 Å². The summed E-state index contributed by atoms with van der Waals surface area (Å²) in [5.41, 5.74) is 1.75. The van der Waals surface area contributed by atoms with Gasteiger partial charge in [-0.15, -0.1) is 0 Å². The van der Waals surface area contributed by atoms with Crippen LogP contribution in [0.1, 0.15) is 64.7 Å². The molecule has 0 spiro atoms. The highest BCUT2D eigenvalue weighted by Gasteiger charge is 2.63. The van der Waals surface area contributed by atoms with Gasteiger partial charge in [0.25, 0.3) is 0 Å². The van der Waals surface area contributed by atoms with Crippen LogP contribution in [0.15, 0.2) is 10.3 Å². The highest BCUT2D eigenvalue weighted by atomic mass is 16.6. The van der Waals surface area contributed by atoms with E-state index in [9.17, 15) is 9.90 Å². The van der Waals surface area contributed by atoms with Crippen molar-refractivity contribution >= 4 is 17.2 Å². The van der Waals surface area contributed by atoms with Crippen LogP contribution in [0.25, 0.3) is 0 Å². The van der Waals surface area contributed by atoms with Gasteiger partial charge in [0, 0.05) is 42.7 Å². The maximum absolute atomic E-state index is 12.7. The first-order valence-corrected chi connectivity index (χ1v) is 12.2. The number of aliphatic hydroxyl groups is 1. The second-order valence-electron chi connectivity index (χ2n) is 10.8. The maximum atomic E-state index is 12.7. The van der Waals surface area contributed by atoms with E-state index < -0.39 is 0 Å². The van der Waals surface area contributed by atoms with Gasteiger partial charge in [0.1, 0.15) is 19.0 Å². The summed E-state index contributed by atoms with van der Waals surface area (Å²) in [7, 11) is 1.61. The number of rotatable bonds is 4. The number of hydrogen-bond donors (Lipinski definition) is 2. The zero-order valence-corrected chi connectivity index (χ0v) is 18.9. The summed E-state index contributed by atoms with van der Waals surface area (Å²) in [5, 5.41) is 23.2. The van der Waals surface area contributed by atoms with Gasteiger partial charge in [0.05, 0.1) is 11.4 Å². The number of ketones is 1. The minimum atomic E-state index is -0.193. The standard InChI is InChI=1S/C24H37N3O4/c1-23-8-6-19-17(18(23)3-4-22(23)29)12-21(27-30-2)20-11-15(5-9-24(19,20)14-28)26-31-16-7-10-25-13-16/h16-20,25,28H,3-14H2,1-2H3. The molecule has 0 bridgehead atoms. The summed E-state index contributed by atoms with van der Waals surface area (Å²) >= 11 is 0. The SMILES string of the molecule is CON=C1CC2C3CCC(=O)C3(C)CCC2C2(CO)CCC(=NOC3CCNC3)CC12.